The molecule has 136 valence electrons. The molecule has 0 radical (unpaired) electrons. The molecule has 0 unspecified atom stereocenters. The molecule has 1 aliphatic heterocycles. The zero-order chi connectivity index (χ0) is 19.1. The van der Waals surface area contributed by atoms with Crippen LogP contribution in [-0.4, -0.2) is 24.0 Å². The number of carbonyl (C=O) groups is 2. The third-order valence-corrected chi connectivity index (χ3v) is 4.53. The first-order valence-electron chi connectivity index (χ1n) is 8.35. The highest BCUT2D eigenvalue weighted by Crippen LogP contribution is 2.39. The van der Waals surface area contributed by atoms with Gasteiger partial charge in [-0.2, -0.15) is 0 Å². The third kappa shape index (κ3) is 3.53. The lowest BCUT2D eigenvalue weighted by Crippen LogP contribution is -2.54. The van der Waals surface area contributed by atoms with Crippen LogP contribution >= 0.6 is 11.6 Å². The van der Waals surface area contributed by atoms with Crippen molar-refractivity contribution >= 4 is 34.8 Å². The Balaban J connectivity index is 1.87. The van der Waals surface area contributed by atoms with E-state index in [0.717, 1.165) is 16.8 Å². The molecule has 0 aromatic heterocycles. The van der Waals surface area contributed by atoms with Crippen LogP contribution in [0.25, 0.3) is 0 Å². The minimum absolute atomic E-state index is 0.119. The van der Waals surface area contributed by atoms with Crippen molar-refractivity contribution in [3.05, 3.63) is 52.5 Å². The van der Waals surface area contributed by atoms with E-state index in [4.69, 9.17) is 16.3 Å². The van der Waals surface area contributed by atoms with E-state index in [2.05, 4.69) is 5.32 Å². The van der Waals surface area contributed by atoms with Crippen molar-refractivity contribution in [3.8, 4) is 5.75 Å². The van der Waals surface area contributed by atoms with E-state index in [1.165, 1.54) is 4.90 Å². The van der Waals surface area contributed by atoms with Gasteiger partial charge < -0.3 is 10.1 Å². The van der Waals surface area contributed by atoms with Crippen molar-refractivity contribution in [2.75, 3.05) is 16.8 Å². The molecule has 2 aromatic carbocycles. The zero-order valence-corrected chi connectivity index (χ0v) is 16.0. The molecule has 2 aromatic rings. The molecule has 5 nitrogen and oxygen atoms in total. The molecular weight excluding hydrogens is 352 g/mol. The molecule has 26 heavy (non-hydrogen) atoms. The van der Waals surface area contributed by atoms with E-state index in [0.29, 0.717) is 16.5 Å². The van der Waals surface area contributed by atoms with Crippen molar-refractivity contribution in [3.63, 3.8) is 0 Å². The minimum Gasteiger partial charge on any atom is -0.476 e. The molecule has 3 rings (SSSR count). The standard InChI is InChI=1S/C20H21ClN2O3/c1-12-5-7-15(13(2)9-12)22-18(24)11-23-16-10-14(21)6-8-17(16)26-20(3,4)19(23)25/h5-10H,11H2,1-4H3,(H,22,24). The maximum atomic E-state index is 12.8. The average Bonchev–Trinajstić information content (AvgIpc) is 2.55. The van der Waals surface area contributed by atoms with Gasteiger partial charge in [0.05, 0.1) is 5.69 Å². The largest absolute Gasteiger partial charge is 0.476 e. The number of anilines is 2. The molecule has 0 atom stereocenters. The molecule has 0 spiro atoms. The van der Waals surface area contributed by atoms with E-state index in [9.17, 15) is 9.59 Å². The number of halogens is 1. The quantitative estimate of drug-likeness (QED) is 0.882. The van der Waals surface area contributed by atoms with Crippen LogP contribution in [0.3, 0.4) is 0 Å². The summed E-state index contributed by atoms with van der Waals surface area (Å²) in [5.41, 5.74) is 2.26. The summed E-state index contributed by atoms with van der Waals surface area (Å²) in [5, 5.41) is 3.34. The Morgan fingerprint density at radius 2 is 1.92 bits per heavy atom. The number of amides is 2. The second-order valence-electron chi connectivity index (χ2n) is 6.98. The lowest BCUT2D eigenvalue weighted by Gasteiger charge is -2.38. The zero-order valence-electron chi connectivity index (χ0n) is 15.2. The van der Waals surface area contributed by atoms with Gasteiger partial charge >= 0.3 is 0 Å². The molecule has 0 bridgehead atoms. The van der Waals surface area contributed by atoms with Crippen molar-refractivity contribution in [2.45, 2.75) is 33.3 Å². The molecule has 2 amide bonds. The number of hydrogen-bond donors (Lipinski definition) is 1. The Labute approximate surface area is 157 Å². The number of nitrogens with one attached hydrogen (secondary N) is 1. The summed E-state index contributed by atoms with van der Waals surface area (Å²) in [6.07, 6.45) is 0. The summed E-state index contributed by atoms with van der Waals surface area (Å²) in [4.78, 5) is 26.8. The summed E-state index contributed by atoms with van der Waals surface area (Å²) in [5.74, 6) is -0.0460. The second kappa shape index (κ2) is 6.65. The number of benzene rings is 2. The Morgan fingerprint density at radius 1 is 1.19 bits per heavy atom. The van der Waals surface area contributed by atoms with Crippen LogP contribution in [0, 0.1) is 13.8 Å². The normalized spacial score (nSPS) is 15.3. The van der Waals surface area contributed by atoms with E-state index in [1.807, 2.05) is 32.0 Å². The second-order valence-corrected chi connectivity index (χ2v) is 7.42. The van der Waals surface area contributed by atoms with E-state index < -0.39 is 5.60 Å². The molecule has 1 N–H and O–H groups in total. The van der Waals surface area contributed by atoms with Gasteiger partial charge in [0.25, 0.3) is 5.91 Å². The number of nitrogens with zero attached hydrogens (tertiary/aromatic N) is 1. The molecule has 0 saturated carbocycles. The van der Waals surface area contributed by atoms with Gasteiger partial charge in [-0.3, -0.25) is 14.5 Å². The maximum Gasteiger partial charge on any atom is 0.271 e. The first-order valence-corrected chi connectivity index (χ1v) is 8.73. The number of fused-ring (bicyclic) bond motifs is 1. The summed E-state index contributed by atoms with van der Waals surface area (Å²) < 4.78 is 5.77. The van der Waals surface area contributed by atoms with Crippen LogP contribution in [0.5, 0.6) is 5.75 Å². The molecular formula is C20H21ClN2O3. The SMILES string of the molecule is Cc1ccc(NC(=O)CN2C(=O)C(C)(C)Oc3ccc(Cl)cc32)c(C)c1. The van der Waals surface area contributed by atoms with Crippen LogP contribution in [0.1, 0.15) is 25.0 Å². The van der Waals surface area contributed by atoms with Crippen molar-refractivity contribution in [2.24, 2.45) is 0 Å². The van der Waals surface area contributed by atoms with Gasteiger partial charge in [-0.1, -0.05) is 29.3 Å². The molecule has 6 heteroatoms. The van der Waals surface area contributed by atoms with Crippen LogP contribution in [0.4, 0.5) is 11.4 Å². The molecule has 0 aliphatic carbocycles. The summed E-state index contributed by atoms with van der Waals surface area (Å²) in [7, 11) is 0. The van der Waals surface area contributed by atoms with Gasteiger partial charge in [0, 0.05) is 10.7 Å². The lowest BCUT2D eigenvalue weighted by molar-refractivity contribution is -0.133. The molecule has 0 saturated heterocycles. The van der Waals surface area contributed by atoms with Crippen LogP contribution < -0.4 is 15.0 Å². The van der Waals surface area contributed by atoms with Gasteiger partial charge in [-0.15, -0.1) is 0 Å². The fourth-order valence-corrected chi connectivity index (χ4v) is 3.15. The van der Waals surface area contributed by atoms with Gasteiger partial charge in [-0.05, 0) is 57.5 Å². The molecule has 1 aliphatic rings. The Bertz CT molecular complexity index is 893. The van der Waals surface area contributed by atoms with Gasteiger partial charge in [0.2, 0.25) is 5.91 Å². The lowest BCUT2D eigenvalue weighted by atomic mass is 10.0. The highest BCUT2D eigenvalue weighted by atomic mass is 35.5. The fraction of sp³-hybridized carbons (Fsp3) is 0.300. The fourth-order valence-electron chi connectivity index (χ4n) is 2.98. The average molecular weight is 373 g/mol. The van der Waals surface area contributed by atoms with Crippen molar-refractivity contribution < 1.29 is 14.3 Å². The number of aryl methyl sites for hydroxylation is 2. The topological polar surface area (TPSA) is 58.6 Å². The number of hydrogen-bond acceptors (Lipinski definition) is 3. The highest BCUT2D eigenvalue weighted by Gasteiger charge is 2.41. The van der Waals surface area contributed by atoms with E-state index >= 15 is 0 Å². The number of carbonyl (C=O) groups excluding carboxylic acids is 2. The number of rotatable bonds is 3. The van der Waals surface area contributed by atoms with Gasteiger partial charge in [0.15, 0.2) is 5.60 Å². The number of ether oxygens (including phenoxy) is 1. The van der Waals surface area contributed by atoms with Gasteiger partial charge in [-0.25, -0.2) is 0 Å². The summed E-state index contributed by atoms with van der Waals surface area (Å²) in [6.45, 7) is 7.17. The summed E-state index contributed by atoms with van der Waals surface area (Å²) >= 11 is 6.07. The minimum atomic E-state index is -1.05. The van der Waals surface area contributed by atoms with E-state index in [-0.39, 0.29) is 18.4 Å². The van der Waals surface area contributed by atoms with Gasteiger partial charge in [0.1, 0.15) is 12.3 Å². The first kappa shape index (κ1) is 18.3. The Kier molecular flexibility index (Phi) is 4.67. The highest BCUT2D eigenvalue weighted by molar-refractivity contribution is 6.31. The van der Waals surface area contributed by atoms with Crippen molar-refractivity contribution in [1.29, 1.82) is 0 Å². The predicted molar refractivity (Wildman–Crippen MR) is 103 cm³/mol. The predicted octanol–water partition coefficient (Wildman–Crippen LogP) is 4.10. The first-order chi connectivity index (χ1) is 12.2. The monoisotopic (exact) mass is 372 g/mol. The maximum absolute atomic E-state index is 12.8. The van der Waals surface area contributed by atoms with Crippen LogP contribution in [0.15, 0.2) is 36.4 Å². The summed E-state index contributed by atoms with van der Waals surface area (Å²) in [6, 6.07) is 10.8. The Hall–Kier alpha value is -2.53. The van der Waals surface area contributed by atoms with Crippen LogP contribution in [0.2, 0.25) is 5.02 Å². The van der Waals surface area contributed by atoms with E-state index in [1.54, 1.807) is 32.0 Å². The smallest absolute Gasteiger partial charge is 0.271 e. The third-order valence-electron chi connectivity index (χ3n) is 4.29. The van der Waals surface area contributed by atoms with Crippen molar-refractivity contribution in [1.82, 2.24) is 0 Å². The molecule has 1 heterocycles. The Morgan fingerprint density at radius 3 is 2.62 bits per heavy atom. The van der Waals surface area contributed by atoms with Crippen LogP contribution in [-0.2, 0) is 9.59 Å². The molecule has 0 fully saturated rings.